The summed E-state index contributed by atoms with van der Waals surface area (Å²) in [7, 11) is 0. The largest absolute Gasteiger partial charge is 0.478 e. The van der Waals surface area contributed by atoms with Crippen molar-refractivity contribution < 1.29 is 29.0 Å². The number of aryl methyl sites for hydroxylation is 1. The van der Waals surface area contributed by atoms with Crippen molar-refractivity contribution in [2.75, 3.05) is 13.2 Å². The molecule has 7 nitrogen and oxygen atoms in total. The highest BCUT2D eigenvalue weighted by Crippen LogP contribution is 2.21. The fraction of sp³-hybridized carbons (Fsp3) is 0.462. The summed E-state index contributed by atoms with van der Waals surface area (Å²) in [6.45, 7) is 5.12. The minimum absolute atomic E-state index is 0.0187. The van der Waals surface area contributed by atoms with Crippen LogP contribution >= 0.6 is 0 Å². The first-order chi connectivity index (χ1) is 9.42. The van der Waals surface area contributed by atoms with E-state index in [1.165, 1.54) is 6.92 Å². The zero-order valence-corrected chi connectivity index (χ0v) is 11.6. The monoisotopic (exact) mass is 283 g/mol. The SMILES string of the molecule is CCOC(=O)Cc1c(C(=O)OCC)[nH]c(C)c1C(=O)O. The summed E-state index contributed by atoms with van der Waals surface area (Å²) in [6.07, 6.45) is -0.298. The van der Waals surface area contributed by atoms with Crippen molar-refractivity contribution in [1.29, 1.82) is 0 Å². The number of H-pyrrole nitrogens is 1. The summed E-state index contributed by atoms with van der Waals surface area (Å²) in [5.74, 6) is -2.50. The van der Waals surface area contributed by atoms with Crippen molar-refractivity contribution in [3.63, 3.8) is 0 Å². The number of carboxylic acid groups (broad SMARTS) is 1. The zero-order valence-electron chi connectivity index (χ0n) is 11.6. The smallest absolute Gasteiger partial charge is 0.355 e. The first-order valence-corrected chi connectivity index (χ1v) is 6.19. The van der Waals surface area contributed by atoms with Crippen LogP contribution in [-0.2, 0) is 20.7 Å². The average molecular weight is 283 g/mol. The number of esters is 2. The van der Waals surface area contributed by atoms with Crippen molar-refractivity contribution in [2.24, 2.45) is 0 Å². The summed E-state index contributed by atoms with van der Waals surface area (Å²) in [5, 5.41) is 9.19. The molecule has 0 saturated carbocycles. The van der Waals surface area contributed by atoms with E-state index in [2.05, 4.69) is 4.98 Å². The molecule has 2 N–H and O–H groups in total. The van der Waals surface area contributed by atoms with Gasteiger partial charge >= 0.3 is 17.9 Å². The molecule has 1 aromatic rings. The minimum atomic E-state index is -1.21. The molecule has 1 aromatic heterocycles. The molecule has 0 bridgehead atoms. The molecule has 0 aliphatic carbocycles. The summed E-state index contributed by atoms with van der Waals surface area (Å²) in [5.41, 5.74) is 0.266. The van der Waals surface area contributed by atoms with Gasteiger partial charge < -0.3 is 19.6 Å². The first kappa shape index (κ1) is 15.7. The maximum Gasteiger partial charge on any atom is 0.355 e. The molecule has 0 radical (unpaired) electrons. The number of hydrogen-bond acceptors (Lipinski definition) is 5. The molecule has 20 heavy (non-hydrogen) atoms. The van der Waals surface area contributed by atoms with Gasteiger partial charge in [-0.05, 0) is 20.8 Å². The van der Waals surface area contributed by atoms with Crippen LogP contribution in [0.15, 0.2) is 0 Å². The summed E-state index contributed by atoms with van der Waals surface area (Å²) >= 11 is 0. The maximum absolute atomic E-state index is 11.8. The highest BCUT2D eigenvalue weighted by molar-refractivity contribution is 5.99. The fourth-order valence-corrected chi connectivity index (χ4v) is 1.88. The van der Waals surface area contributed by atoms with E-state index >= 15 is 0 Å². The Kier molecular flexibility index (Phi) is 5.31. The van der Waals surface area contributed by atoms with Crippen molar-refractivity contribution in [2.45, 2.75) is 27.2 Å². The van der Waals surface area contributed by atoms with Crippen molar-refractivity contribution in [3.8, 4) is 0 Å². The Morgan fingerprint density at radius 2 is 1.75 bits per heavy atom. The van der Waals surface area contributed by atoms with Gasteiger partial charge in [-0.3, -0.25) is 4.79 Å². The topological polar surface area (TPSA) is 106 Å². The number of hydrogen-bond donors (Lipinski definition) is 2. The van der Waals surface area contributed by atoms with Gasteiger partial charge in [0.15, 0.2) is 0 Å². The van der Waals surface area contributed by atoms with E-state index < -0.39 is 17.9 Å². The number of aromatic carboxylic acids is 1. The zero-order chi connectivity index (χ0) is 15.3. The third-order valence-corrected chi connectivity index (χ3v) is 2.61. The second-order valence-corrected chi connectivity index (χ2v) is 3.99. The van der Waals surface area contributed by atoms with E-state index in [4.69, 9.17) is 9.47 Å². The van der Waals surface area contributed by atoms with Gasteiger partial charge in [-0.2, -0.15) is 0 Å². The van der Waals surface area contributed by atoms with Crippen LogP contribution in [0.25, 0.3) is 0 Å². The Balaban J connectivity index is 3.23. The van der Waals surface area contributed by atoms with E-state index in [9.17, 15) is 19.5 Å². The molecule has 0 fully saturated rings. The number of carbonyl (C=O) groups is 3. The summed E-state index contributed by atoms with van der Waals surface area (Å²) in [6, 6.07) is 0. The number of aromatic nitrogens is 1. The predicted octanol–water partition coefficient (Wildman–Crippen LogP) is 1.30. The normalized spacial score (nSPS) is 10.2. The second kappa shape index (κ2) is 6.74. The van der Waals surface area contributed by atoms with Gasteiger partial charge in [-0.15, -0.1) is 0 Å². The molecule has 1 heterocycles. The predicted molar refractivity (Wildman–Crippen MR) is 68.8 cm³/mol. The number of rotatable bonds is 6. The number of aromatic amines is 1. The number of carboxylic acids is 1. The van der Waals surface area contributed by atoms with Gasteiger partial charge in [0, 0.05) is 11.3 Å². The molecule has 0 aliphatic heterocycles. The number of carbonyl (C=O) groups excluding carboxylic acids is 2. The molecule has 0 aliphatic rings. The lowest BCUT2D eigenvalue weighted by atomic mass is 10.1. The van der Waals surface area contributed by atoms with Gasteiger partial charge in [0.2, 0.25) is 0 Å². The number of ether oxygens (including phenoxy) is 2. The van der Waals surface area contributed by atoms with E-state index in [0.29, 0.717) is 5.69 Å². The molecule has 0 aromatic carbocycles. The lowest BCUT2D eigenvalue weighted by Gasteiger charge is -2.05. The lowest BCUT2D eigenvalue weighted by Crippen LogP contribution is -2.15. The quantitative estimate of drug-likeness (QED) is 0.762. The van der Waals surface area contributed by atoms with Crippen LogP contribution in [-0.4, -0.2) is 41.2 Å². The van der Waals surface area contributed by atoms with Crippen LogP contribution in [0.2, 0.25) is 0 Å². The standard InChI is InChI=1S/C13H17NO6/c1-4-19-9(15)6-8-10(12(16)17)7(3)14-11(8)13(18)20-5-2/h14H,4-6H2,1-3H3,(H,16,17). The van der Waals surface area contributed by atoms with Gasteiger partial charge in [0.25, 0.3) is 0 Å². The molecule has 0 spiro atoms. The summed E-state index contributed by atoms with van der Waals surface area (Å²) in [4.78, 5) is 37.3. The molecular formula is C13H17NO6. The Morgan fingerprint density at radius 1 is 1.15 bits per heavy atom. The van der Waals surface area contributed by atoms with Gasteiger partial charge in [0.05, 0.1) is 25.2 Å². The van der Waals surface area contributed by atoms with E-state index in [1.807, 2.05) is 0 Å². The second-order valence-electron chi connectivity index (χ2n) is 3.99. The minimum Gasteiger partial charge on any atom is -0.478 e. The van der Waals surface area contributed by atoms with Crippen LogP contribution in [0, 0.1) is 6.92 Å². The maximum atomic E-state index is 11.8. The van der Waals surface area contributed by atoms with Crippen molar-refractivity contribution in [3.05, 3.63) is 22.5 Å². The third kappa shape index (κ3) is 3.37. The highest BCUT2D eigenvalue weighted by atomic mass is 16.5. The summed E-state index contributed by atoms with van der Waals surface area (Å²) < 4.78 is 9.63. The van der Waals surface area contributed by atoms with Crippen LogP contribution in [0.3, 0.4) is 0 Å². The molecule has 110 valence electrons. The molecule has 0 atom stereocenters. The molecule has 0 amide bonds. The van der Waals surface area contributed by atoms with Crippen LogP contribution in [0.1, 0.15) is 46.0 Å². The first-order valence-electron chi connectivity index (χ1n) is 6.19. The van der Waals surface area contributed by atoms with Gasteiger partial charge in [-0.25, -0.2) is 9.59 Å². The van der Waals surface area contributed by atoms with Gasteiger partial charge in [0.1, 0.15) is 5.69 Å². The van der Waals surface area contributed by atoms with Crippen LogP contribution in [0.5, 0.6) is 0 Å². The van der Waals surface area contributed by atoms with Crippen LogP contribution < -0.4 is 0 Å². The Hall–Kier alpha value is -2.31. The average Bonchev–Trinajstić information content (AvgIpc) is 2.66. The molecule has 0 unspecified atom stereocenters. The van der Waals surface area contributed by atoms with E-state index in [1.54, 1.807) is 13.8 Å². The van der Waals surface area contributed by atoms with Crippen molar-refractivity contribution in [1.82, 2.24) is 4.98 Å². The van der Waals surface area contributed by atoms with Gasteiger partial charge in [-0.1, -0.05) is 0 Å². The third-order valence-electron chi connectivity index (χ3n) is 2.61. The number of nitrogens with one attached hydrogen (secondary N) is 1. The highest BCUT2D eigenvalue weighted by Gasteiger charge is 2.27. The molecular weight excluding hydrogens is 266 g/mol. The van der Waals surface area contributed by atoms with Crippen molar-refractivity contribution >= 4 is 17.9 Å². The lowest BCUT2D eigenvalue weighted by molar-refractivity contribution is -0.142. The molecule has 7 heteroatoms. The van der Waals surface area contributed by atoms with E-state index in [0.717, 1.165) is 0 Å². The Labute approximate surface area is 115 Å². The molecule has 1 rings (SSSR count). The Morgan fingerprint density at radius 3 is 2.25 bits per heavy atom. The van der Waals surface area contributed by atoms with Crippen LogP contribution in [0.4, 0.5) is 0 Å². The fourth-order valence-electron chi connectivity index (χ4n) is 1.88. The Bertz CT molecular complexity index is 531. The van der Waals surface area contributed by atoms with E-state index in [-0.39, 0.29) is 36.5 Å². The molecule has 0 saturated heterocycles.